The average Bonchev–Trinajstić information content (AvgIpc) is 1.81. The number of carboxylic acid groups (broad SMARTS) is 1. The highest BCUT2D eigenvalue weighted by Crippen LogP contribution is 1.97. The van der Waals surface area contributed by atoms with Crippen molar-refractivity contribution < 1.29 is 20.9 Å². The van der Waals surface area contributed by atoms with Crippen LogP contribution in [-0.2, 0) is 4.79 Å². The number of hydrogen-bond donors (Lipinski definition) is 1. The summed E-state index contributed by atoms with van der Waals surface area (Å²) >= 11 is 0. The fourth-order valence-electron chi connectivity index (χ4n) is 0.746. The molecule has 0 aromatic rings. The summed E-state index contributed by atoms with van der Waals surface area (Å²) in [5, 5.41) is 14.4. The van der Waals surface area contributed by atoms with Crippen molar-refractivity contribution >= 4 is 5.97 Å². The Hall–Kier alpha value is -0.610. The fourth-order valence-corrected chi connectivity index (χ4v) is 0.746. The van der Waals surface area contributed by atoms with Crippen molar-refractivity contribution in [2.45, 2.75) is 12.5 Å². The SMILES string of the molecule is [2H]O[C@]([2H])(CC(=O)[O-])C[N+](C)(C)C. The zero-order valence-corrected chi connectivity index (χ0v) is 7.09. The second-order valence-corrected chi connectivity index (χ2v) is 3.54. The highest BCUT2D eigenvalue weighted by molar-refractivity contribution is 5.64. The van der Waals surface area contributed by atoms with Gasteiger partial charge in [-0.15, -0.1) is 0 Å². The van der Waals surface area contributed by atoms with Gasteiger partial charge in [-0.1, -0.05) is 0 Å². The van der Waals surface area contributed by atoms with Crippen molar-refractivity contribution in [1.29, 1.82) is 1.43 Å². The number of carboxylic acids is 1. The van der Waals surface area contributed by atoms with Gasteiger partial charge in [-0.25, -0.2) is 0 Å². The van der Waals surface area contributed by atoms with Gasteiger partial charge in [-0.2, -0.15) is 0 Å². The Bertz CT molecular complexity index is 193. The van der Waals surface area contributed by atoms with Crippen LogP contribution in [0.15, 0.2) is 0 Å². The van der Waals surface area contributed by atoms with Crippen LogP contribution in [0.2, 0.25) is 0 Å². The molecule has 4 heteroatoms. The number of rotatable bonds is 5. The van der Waals surface area contributed by atoms with Crippen LogP contribution in [0.5, 0.6) is 0 Å². The van der Waals surface area contributed by atoms with Gasteiger partial charge < -0.3 is 19.5 Å². The Morgan fingerprint density at radius 1 is 1.82 bits per heavy atom. The van der Waals surface area contributed by atoms with E-state index in [1.54, 1.807) is 21.1 Å². The number of carbonyl (C=O) groups excluding carboxylic acids is 1. The summed E-state index contributed by atoms with van der Waals surface area (Å²) < 4.78 is 14.5. The van der Waals surface area contributed by atoms with Crippen LogP contribution in [0.25, 0.3) is 0 Å². The number of carbonyl (C=O) groups is 1. The van der Waals surface area contributed by atoms with Crippen LogP contribution in [-0.4, -0.2) is 50.8 Å². The van der Waals surface area contributed by atoms with E-state index in [2.05, 4.69) is 5.11 Å². The Labute approximate surface area is 69.5 Å². The zero-order chi connectivity index (χ0) is 10.7. The minimum Gasteiger partial charge on any atom is -0.550 e. The molecule has 0 aliphatic rings. The molecule has 0 spiro atoms. The van der Waals surface area contributed by atoms with Crippen molar-refractivity contribution in [2.24, 2.45) is 0 Å². The third kappa shape index (κ3) is 7.29. The Morgan fingerprint density at radius 2 is 2.36 bits per heavy atom. The van der Waals surface area contributed by atoms with Gasteiger partial charge in [0.15, 0.2) is 0 Å². The Balaban J connectivity index is 4.36. The van der Waals surface area contributed by atoms with Crippen LogP contribution in [0.1, 0.15) is 7.79 Å². The lowest BCUT2D eigenvalue weighted by molar-refractivity contribution is -0.873. The molecule has 1 N–H and O–H groups in total. The van der Waals surface area contributed by atoms with E-state index in [4.69, 9.17) is 2.80 Å². The first-order valence-electron chi connectivity index (χ1n) is 4.24. The molecule has 0 bridgehead atoms. The van der Waals surface area contributed by atoms with Gasteiger partial charge in [0.1, 0.15) is 12.6 Å². The summed E-state index contributed by atoms with van der Waals surface area (Å²) in [5.41, 5.74) is 0. The molecule has 0 fully saturated rings. The maximum absolute atomic E-state index is 10.3. The molecular weight excluding hydrogens is 146 g/mol. The quantitative estimate of drug-likeness (QED) is 0.486. The molecule has 0 aromatic carbocycles. The lowest BCUT2D eigenvalue weighted by Crippen LogP contribution is -2.43. The summed E-state index contributed by atoms with van der Waals surface area (Å²) in [7, 11) is 5.37. The molecule has 0 rings (SSSR count). The van der Waals surface area contributed by atoms with E-state index < -0.39 is 18.5 Å². The molecule has 0 unspecified atom stereocenters. The van der Waals surface area contributed by atoms with E-state index in [0.29, 0.717) is 4.48 Å². The number of aliphatic hydroxyl groups is 1. The number of hydrogen-bond acceptors (Lipinski definition) is 3. The first-order chi connectivity index (χ1) is 5.68. The number of quaternary nitrogens is 1. The number of likely N-dealkylation sites (N-methyl/N-ethyl adjacent to an activating group) is 1. The van der Waals surface area contributed by atoms with Crippen molar-refractivity contribution in [3.05, 3.63) is 0 Å². The number of aliphatic carboxylic acids is 1. The first kappa shape index (κ1) is 7.06. The molecule has 0 aliphatic heterocycles. The van der Waals surface area contributed by atoms with Crippen molar-refractivity contribution in [1.82, 2.24) is 0 Å². The highest BCUT2D eigenvalue weighted by atomic mass is 16.4. The fraction of sp³-hybridized carbons (Fsp3) is 0.857. The highest BCUT2D eigenvalue weighted by Gasteiger charge is 2.14. The molecule has 0 saturated carbocycles. The van der Waals surface area contributed by atoms with Gasteiger partial charge in [0, 0.05) is 12.4 Å². The minimum absolute atomic E-state index is 0.116. The summed E-state index contributed by atoms with van der Waals surface area (Å²) in [6, 6.07) is 0. The summed E-state index contributed by atoms with van der Waals surface area (Å²) in [6.07, 6.45) is -2.32. The molecule has 0 saturated heterocycles. The molecule has 0 amide bonds. The predicted octanol–water partition coefficient (Wildman–Crippen LogP) is -1.81. The van der Waals surface area contributed by atoms with Gasteiger partial charge in [-0.05, 0) is 0 Å². The lowest BCUT2D eigenvalue weighted by Gasteiger charge is -2.26. The smallest absolute Gasteiger partial charge is 0.211 e. The molecule has 0 aliphatic carbocycles. The monoisotopic (exact) mass is 163 g/mol. The lowest BCUT2D eigenvalue weighted by atomic mass is 10.2. The Kier molecular flexibility index (Phi) is 2.37. The van der Waals surface area contributed by atoms with E-state index in [1.165, 1.54) is 0 Å². The maximum atomic E-state index is 10.3. The number of nitrogens with zero attached hydrogens (tertiary/aromatic N) is 1. The van der Waals surface area contributed by atoms with Crippen LogP contribution in [0.3, 0.4) is 0 Å². The molecular formula is C7H15NO3. The van der Waals surface area contributed by atoms with Gasteiger partial charge in [0.2, 0.25) is 1.43 Å². The van der Waals surface area contributed by atoms with E-state index >= 15 is 0 Å². The molecule has 0 radical (unpaired) electrons. The van der Waals surface area contributed by atoms with E-state index in [-0.39, 0.29) is 6.54 Å². The summed E-state index contributed by atoms with van der Waals surface area (Å²) in [5.74, 6) is -1.38. The molecule has 0 heterocycles. The summed E-state index contributed by atoms with van der Waals surface area (Å²) in [4.78, 5) is 10.3. The molecule has 1 atom stereocenters. The van der Waals surface area contributed by atoms with E-state index in [9.17, 15) is 9.90 Å². The van der Waals surface area contributed by atoms with Gasteiger partial charge in [0.05, 0.1) is 22.5 Å². The van der Waals surface area contributed by atoms with E-state index in [0.717, 1.165) is 0 Å². The molecule has 4 nitrogen and oxygen atoms in total. The van der Waals surface area contributed by atoms with Crippen LogP contribution >= 0.6 is 0 Å². The van der Waals surface area contributed by atoms with Gasteiger partial charge in [0.25, 0.3) is 0 Å². The van der Waals surface area contributed by atoms with Crippen LogP contribution in [0, 0.1) is 0 Å². The van der Waals surface area contributed by atoms with Gasteiger partial charge >= 0.3 is 0 Å². The van der Waals surface area contributed by atoms with Gasteiger partial charge in [-0.3, -0.25) is 0 Å². The average molecular weight is 163 g/mol. The topological polar surface area (TPSA) is 60.4 Å². The zero-order valence-electron chi connectivity index (χ0n) is 9.09. The molecule has 11 heavy (non-hydrogen) atoms. The Morgan fingerprint density at radius 3 is 2.64 bits per heavy atom. The second-order valence-electron chi connectivity index (χ2n) is 3.54. The largest absolute Gasteiger partial charge is 0.550 e. The molecule has 66 valence electrons. The third-order valence-electron chi connectivity index (χ3n) is 0.992. The standard InChI is InChI=1S/C7H15NO3/c1-8(2,3)5-6(9)4-7(10)11/h6,9H,4-5H2,1-3H3/t6-/m1/s1/i6D,9D. The predicted molar refractivity (Wildman–Crippen MR) is 38.5 cm³/mol. The van der Waals surface area contributed by atoms with Crippen LogP contribution < -0.4 is 5.11 Å². The minimum atomic E-state index is -1.73. The third-order valence-corrected chi connectivity index (χ3v) is 0.992. The molecule has 0 aromatic heterocycles. The van der Waals surface area contributed by atoms with Crippen molar-refractivity contribution in [3.63, 3.8) is 0 Å². The van der Waals surface area contributed by atoms with E-state index in [1.807, 2.05) is 0 Å². The van der Waals surface area contributed by atoms with Crippen molar-refractivity contribution in [3.8, 4) is 0 Å². The van der Waals surface area contributed by atoms with Crippen LogP contribution in [0.4, 0.5) is 0 Å². The first-order valence-corrected chi connectivity index (χ1v) is 3.33. The summed E-state index contributed by atoms with van der Waals surface area (Å²) in [6.45, 7) is 0.116. The maximum Gasteiger partial charge on any atom is 0.211 e. The second kappa shape index (κ2) is 3.69. The normalized spacial score (nSPS) is 19.9. The van der Waals surface area contributed by atoms with Crippen molar-refractivity contribution in [2.75, 3.05) is 27.7 Å².